The number of benzene rings is 1. The van der Waals surface area contributed by atoms with Gasteiger partial charge in [0.05, 0.1) is 6.10 Å². The van der Waals surface area contributed by atoms with E-state index in [4.69, 9.17) is 4.74 Å². The van der Waals surface area contributed by atoms with Crippen molar-refractivity contribution in [1.82, 2.24) is 20.4 Å². The molecule has 1 saturated heterocycles. The van der Waals surface area contributed by atoms with E-state index in [0.717, 1.165) is 43.5 Å². The van der Waals surface area contributed by atoms with Gasteiger partial charge in [-0.05, 0) is 45.9 Å². The third kappa shape index (κ3) is 8.68. The van der Waals surface area contributed by atoms with Crippen LogP contribution in [0.15, 0.2) is 23.2 Å². The lowest BCUT2D eigenvalue weighted by Gasteiger charge is -2.37. The summed E-state index contributed by atoms with van der Waals surface area (Å²) in [4.78, 5) is 9.45. The third-order valence-corrected chi connectivity index (χ3v) is 5.30. The van der Waals surface area contributed by atoms with Gasteiger partial charge in [-0.1, -0.05) is 19.1 Å². The van der Waals surface area contributed by atoms with Crippen LogP contribution in [0.3, 0.4) is 0 Å². The van der Waals surface area contributed by atoms with Crippen molar-refractivity contribution < 1.29 is 4.74 Å². The Balaban J connectivity index is 0.00000420. The van der Waals surface area contributed by atoms with Gasteiger partial charge in [-0.25, -0.2) is 0 Å². The molecule has 2 N–H and O–H groups in total. The molecule has 166 valence electrons. The maximum atomic E-state index is 5.98. The predicted molar refractivity (Wildman–Crippen MR) is 134 cm³/mol. The van der Waals surface area contributed by atoms with Crippen LogP contribution in [0.5, 0.6) is 5.75 Å². The highest BCUT2D eigenvalue weighted by Crippen LogP contribution is 2.21. The maximum absolute atomic E-state index is 5.98. The molecule has 1 aromatic carbocycles. The number of aliphatic imine (C=N–C) groups is 1. The molecule has 0 saturated carbocycles. The highest BCUT2D eigenvalue weighted by Gasteiger charge is 2.20. The van der Waals surface area contributed by atoms with Crippen LogP contribution < -0.4 is 15.4 Å². The van der Waals surface area contributed by atoms with E-state index in [1.54, 1.807) is 0 Å². The first kappa shape index (κ1) is 26.0. The number of guanidine groups is 1. The number of nitrogens with zero attached hydrogens (tertiary/aromatic N) is 3. The SMILES string of the molecule is CCN1CCN(C(C)CNC(=NC)NCc2ccc(C)cc2OC(C)C)CC1.I. The molecule has 0 bridgehead atoms. The van der Waals surface area contributed by atoms with Crippen molar-refractivity contribution in [2.75, 3.05) is 46.3 Å². The van der Waals surface area contributed by atoms with Gasteiger partial charge in [0.1, 0.15) is 5.75 Å². The van der Waals surface area contributed by atoms with Gasteiger partial charge in [0.25, 0.3) is 0 Å². The third-order valence-electron chi connectivity index (χ3n) is 5.30. The zero-order valence-electron chi connectivity index (χ0n) is 19.0. The van der Waals surface area contributed by atoms with E-state index < -0.39 is 0 Å². The minimum Gasteiger partial charge on any atom is -0.491 e. The van der Waals surface area contributed by atoms with Gasteiger partial charge in [-0.2, -0.15) is 0 Å². The highest BCUT2D eigenvalue weighted by molar-refractivity contribution is 14.0. The van der Waals surface area contributed by atoms with E-state index in [-0.39, 0.29) is 30.1 Å². The summed E-state index contributed by atoms with van der Waals surface area (Å²) in [6.45, 7) is 18.1. The normalized spacial score (nSPS) is 17.0. The summed E-state index contributed by atoms with van der Waals surface area (Å²) >= 11 is 0. The van der Waals surface area contributed by atoms with Gasteiger partial charge in [0, 0.05) is 57.9 Å². The molecule has 1 aliphatic heterocycles. The van der Waals surface area contributed by atoms with Crippen LogP contribution in [-0.2, 0) is 6.54 Å². The molecule has 1 aliphatic rings. The minimum absolute atomic E-state index is 0. The smallest absolute Gasteiger partial charge is 0.191 e. The zero-order chi connectivity index (χ0) is 20.5. The molecule has 6 nitrogen and oxygen atoms in total. The molecule has 0 aliphatic carbocycles. The molecule has 1 atom stereocenters. The van der Waals surface area contributed by atoms with E-state index in [9.17, 15) is 0 Å². The maximum Gasteiger partial charge on any atom is 0.191 e. The Labute approximate surface area is 194 Å². The average molecular weight is 518 g/mol. The Bertz CT molecular complexity index is 630. The number of hydrogen-bond donors (Lipinski definition) is 2. The Morgan fingerprint density at radius 3 is 2.41 bits per heavy atom. The lowest BCUT2D eigenvalue weighted by atomic mass is 10.1. The number of piperazine rings is 1. The number of nitrogens with one attached hydrogen (secondary N) is 2. The van der Waals surface area contributed by atoms with E-state index in [0.29, 0.717) is 12.6 Å². The molecule has 1 heterocycles. The van der Waals surface area contributed by atoms with E-state index in [1.165, 1.54) is 18.7 Å². The molecule has 1 fully saturated rings. The summed E-state index contributed by atoms with van der Waals surface area (Å²) in [6.07, 6.45) is 0.159. The van der Waals surface area contributed by atoms with Crippen molar-refractivity contribution in [2.24, 2.45) is 4.99 Å². The molecule has 0 spiro atoms. The fraction of sp³-hybridized carbons (Fsp3) is 0.682. The number of aryl methyl sites for hydroxylation is 1. The van der Waals surface area contributed by atoms with E-state index >= 15 is 0 Å². The van der Waals surface area contributed by atoms with Crippen molar-refractivity contribution in [3.05, 3.63) is 29.3 Å². The minimum atomic E-state index is 0. The summed E-state index contributed by atoms with van der Waals surface area (Å²) in [5.41, 5.74) is 2.35. The van der Waals surface area contributed by atoms with Gasteiger partial charge in [0.2, 0.25) is 0 Å². The summed E-state index contributed by atoms with van der Waals surface area (Å²) in [7, 11) is 1.82. The van der Waals surface area contributed by atoms with Gasteiger partial charge < -0.3 is 20.3 Å². The van der Waals surface area contributed by atoms with Gasteiger partial charge in [0.15, 0.2) is 5.96 Å². The van der Waals surface area contributed by atoms with E-state index in [2.05, 4.69) is 78.2 Å². The monoisotopic (exact) mass is 517 g/mol. The van der Waals surface area contributed by atoms with Gasteiger partial charge in [-0.15, -0.1) is 24.0 Å². The van der Waals surface area contributed by atoms with Crippen LogP contribution in [0.4, 0.5) is 0 Å². The van der Waals surface area contributed by atoms with Crippen molar-refractivity contribution in [3.8, 4) is 5.75 Å². The predicted octanol–water partition coefficient (Wildman–Crippen LogP) is 3.09. The lowest BCUT2D eigenvalue weighted by Crippen LogP contribution is -2.53. The van der Waals surface area contributed by atoms with Crippen molar-refractivity contribution >= 4 is 29.9 Å². The van der Waals surface area contributed by atoms with Crippen LogP contribution >= 0.6 is 24.0 Å². The highest BCUT2D eigenvalue weighted by atomic mass is 127. The second-order valence-electron chi connectivity index (χ2n) is 7.90. The van der Waals surface area contributed by atoms with Crippen molar-refractivity contribution in [3.63, 3.8) is 0 Å². The molecule has 29 heavy (non-hydrogen) atoms. The second-order valence-corrected chi connectivity index (χ2v) is 7.90. The molecule has 1 aromatic rings. The molecule has 0 aromatic heterocycles. The first-order chi connectivity index (χ1) is 13.4. The van der Waals surface area contributed by atoms with Crippen LogP contribution in [0, 0.1) is 6.92 Å². The first-order valence-corrected chi connectivity index (χ1v) is 10.6. The molecule has 7 heteroatoms. The lowest BCUT2D eigenvalue weighted by molar-refractivity contribution is 0.107. The van der Waals surface area contributed by atoms with Gasteiger partial charge >= 0.3 is 0 Å². The quantitative estimate of drug-likeness (QED) is 0.316. The zero-order valence-corrected chi connectivity index (χ0v) is 21.3. The van der Waals surface area contributed by atoms with Crippen LogP contribution in [0.1, 0.15) is 38.8 Å². The summed E-state index contributed by atoms with van der Waals surface area (Å²) in [6, 6.07) is 6.84. The summed E-state index contributed by atoms with van der Waals surface area (Å²) in [5.74, 6) is 1.77. The topological polar surface area (TPSA) is 52.1 Å². The van der Waals surface area contributed by atoms with Crippen LogP contribution in [0.25, 0.3) is 0 Å². The van der Waals surface area contributed by atoms with Crippen LogP contribution in [0.2, 0.25) is 0 Å². The molecule has 0 radical (unpaired) electrons. The number of halogens is 1. The molecular formula is C22H40IN5O. The Morgan fingerprint density at radius 2 is 1.83 bits per heavy atom. The van der Waals surface area contributed by atoms with Crippen LogP contribution in [-0.4, -0.2) is 74.2 Å². The fourth-order valence-corrected chi connectivity index (χ4v) is 3.46. The number of hydrogen-bond acceptors (Lipinski definition) is 4. The van der Waals surface area contributed by atoms with Crippen molar-refractivity contribution in [1.29, 1.82) is 0 Å². The number of rotatable bonds is 8. The fourth-order valence-electron chi connectivity index (χ4n) is 3.46. The standard InChI is InChI=1S/C22H39N5O.HI/c1-7-26-10-12-27(13-11-26)19(5)15-24-22(23-6)25-16-20-9-8-18(4)14-21(20)28-17(2)3;/h8-9,14,17,19H,7,10-13,15-16H2,1-6H3,(H2,23,24,25);1H. The van der Waals surface area contributed by atoms with E-state index in [1.807, 2.05) is 7.05 Å². The Hall–Kier alpha value is -1.06. The Kier molecular flexibility index (Phi) is 11.9. The number of likely N-dealkylation sites (N-methyl/N-ethyl adjacent to an activating group) is 1. The molecular weight excluding hydrogens is 477 g/mol. The van der Waals surface area contributed by atoms with Crippen molar-refractivity contribution in [2.45, 2.75) is 53.3 Å². The summed E-state index contributed by atoms with van der Waals surface area (Å²) in [5, 5.41) is 6.90. The average Bonchev–Trinajstić information content (AvgIpc) is 2.68. The largest absolute Gasteiger partial charge is 0.491 e. The Morgan fingerprint density at radius 1 is 1.14 bits per heavy atom. The molecule has 1 unspecified atom stereocenters. The molecule has 2 rings (SSSR count). The van der Waals surface area contributed by atoms with Gasteiger partial charge in [-0.3, -0.25) is 9.89 Å². The molecule has 0 amide bonds. The second kappa shape index (κ2) is 13.3. The number of ether oxygens (including phenoxy) is 1. The first-order valence-electron chi connectivity index (χ1n) is 10.6. The summed E-state index contributed by atoms with van der Waals surface area (Å²) < 4.78 is 5.98.